The number of rotatable bonds is 12. The maximum absolute atomic E-state index is 12.9. The van der Waals surface area contributed by atoms with Crippen LogP contribution in [0.15, 0.2) is 77.9 Å². The van der Waals surface area contributed by atoms with Gasteiger partial charge < -0.3 is 29.0 Å². The van der Waals surface area contributed by atoms with Crippen molar-refractivity contribution in [2.45, 2.75) is 6.92 Å². The standard InChI is InChI=1S/C32H31N3O8/c1-5-42-23-13-10-21(11-14-23)32(38)43-26-15-12-20-8-6-7-9-24(20)25(26)18-34-35-29(36)19-33-31(37)22-16-27(39-2)30(41-4)28(17-22)40-3/h6-18H,5,19H2,1-4H3,(H,33,37)(H,35,36)/b34-18-. The Kier molecular flexibility index (Phi) is 10.1. The quantitative estimate of drug-likeness (QED) is 0.108. The van der Waals surface area contributed by atoms with Crippen LogP contribution in [0.3, 0.4) is 0 Å². The zero-order valence-corrected chi connectivity index (χ0v) is 24.1. The molecule has 0 saturated heterocycles. The third-order valence-corrected chi connectivity index (χ3v) is 6.25. The number of hydrazone groups is 1. The summed E-state index contributed by atoms with van der Waals surface area (Å²) in [4.78, 5) is 38.1. The van der Waals surface area contributed by atoms with Gasteiger partial charge in [0.05, 0.1) is 46.3 Å². The first kappa shape index (κ1) is 30.4. The highest BCUT2D eigenvalue weighted by Crippen LogP contribution is 2.38. The summed E-state index contributed by atoms with van der Waals surface area (Å²) < 4.78 is 27.0. The molecule has 4 aromatic rings. The average Bonchev–Trinajstić information content (AvgIpc) is 3.04. The molecule has 43 heavy (non-hydrogen) atoms. The molecule has 0 bridgehead atoms. The molecule has 0 unspecified atom stereocenters. The molecule has 2 N–H and O–H groups in total. The molecule has 222 valence electrons. The Morgan fingerprint density at radius 2 is 1.51 bits per heavy atom. The fourth-order valence-electron chi connectivity index (χ4n) is 4.19. The summed E-state index contributed by atoms with van der Waals surface area (Å²) in [7, 11) is 4.33. The summed E-state index contributed by atoms with van der Waals surface area (Å²) in [6.45, 7) is 2.03. The maximum atomic E-state index is 12.9. The molecule has 0 aliphatic rings. The van der Waals surface area contributed by atoms with Crippen molar-refractivity contribution in [3.63, 3.8) is 0 Å². The Hall–Kier alpha value is -5.58. The van der Waals surface area contributed by atoms with Crippen LogP contribution >= 0.6 is 0 Å². The number of amides is 2. The van der Waals surface area contributed by atoms with Crippen LogP contribution in [0, 0.1) is 0 Å². The average molecular weight is 586 g/mol. The number of hydrogen-bond donors (Lipinski definition) is 2. The fourth-order valence-corrected chi connectivity index (χ4v) is 4.19. The molecule has 0 heterocycles. The fraction of sp³-hybridized carbons (Fsp3) is 0.188. The minimum Gasteiger partial charge on any atom is -0.494 e. The van der Waals surface area contributed by atoms with Crippen molar-refractivity contribution in [2.24, 2.45) is 5.10 Å². The number of benzene rings is 4. The van der Waals surface area contributed by atoms with Crippen molar-refractivity contribution in [2.75, 3.05) is 34.5 Å². The zero-order chi connectivity index (χ0) is 30.8. The van der Waals surface area contributed by atoms with Crippen LogP contribution in [0.4, 0.5) is 0 Å². The van der Waals surface area contributed by atoms with Gasteiger partial charge in [-0.3, -0.25) is 9.59 Å². The minimum atomic E-state index is -0.579. The molecule has 4 aromatic carbocycles. The lowest BCUT2D eigenvalue weighted by Gasteiger charge is -2.14. The Morgan fingerprint density at radius 1 is 0.814 bits per heavy atom. The first-order valence-electron chi connectivity index (χ1n) is 13.2. The van der Waals surface area contributed by atoms with Crippen LogP contribution in [-0.2, 0) is 4.79 Å². The summed E-state index contributed by atoms with van der Waals surface area (Å²) in [6, 6.07) is 20.5. The number of carbonyl (C=O) groups is 3. The Morgan fingerprint density at radius 3 is 2.16 bits per heavy atom. The largest absolute Gasteiger partial charge is 0.494 e. The normalized spacial score (nSPS) is 10.7. The lowest BCUT2D eigenvalue weighted by atomic mass is 10.0. The van der Waals surface area contributed by atoms with E-state index in [4.69, 9.17) is 23.7 Å². The summed E-state index contributed by atoms with van der Waals surface area (Å²) >= 11 is 0. The molecule has 4 rings (SSSR count). The third-order valence-electron chi connectivity index (χ3n) is 6.25. The molecule has 0 aromatic heterocycles. The number of hydrogen-bond acceptors (Lipinski definition) is 9. The van der Waals surface area contributed by atoms with Gasteiger partial charge in [0.2, 0.25) is 5.75 Å². The smallest absolute Gasteiger partial charge is 0.343 e. The Labute approximate surface area is 248 Å². The summed E-state index contributed by atoms with van der Waals surface area (Å²) in [5, 5.41) is 8.22. The van der Waals surface area contributed by atoms with Crippen molar-refractivity contribution < 1.29 is 38.1 Å². The molecule has 0 atom stereocenters. The molecule has 0 radical (unpaired) electrons. The van der Waals surface area contributed by atoms with Gasteiger partial charge in [0.1, 0.15) is 11.5 Å². The summed E-state index contributed by atoms with van der Waals surface area (Å²) in [5.41, 5.74) is 3.43. The number of ether oxygens (including phenoxy) is 5. The second-order valence-corrected chi connectivity index (χ2v) is 8.94. The topological polar surface area (TPSA) is 134 Å². The number of fused-ring (bicyclic) bond motifs is 1. The van der Waals surface area contributed by atoms with E-state index in [1.807, 2.05) is 37.3 Å². The highest BCUT2D eigenvalue weighted by atomic mass is 16.5. The SMILES string of the molecule is CCOc1ccc(C(=O)Oc2ccc3ccccc3c2/C=N\NC(=O)CNC(=O)c2cc(OC)c(OC)c(OC)c2)cc1. The summed E-state index contributed by atoms with van der Waals surface area (Å²) in [6.07, 6.45) is 1.39. The number of esters is 1. The molecular formula is C32H31N3O8. The van der Waals surface area contributed by atoms with Crippen LogP contribution in [-0.4, -0.2) is 58.5 Å². The second-order valence-electron chi connectivity index (χ2n) is 8.94. The Bertz CT molecular complexity index is 1630. The minimum absolute atomic E-state index is 0.209. The van der Waals surface area contributed by atoms with Gasteiger partial charge in [-0.25, -0.2) is 10.2 Å². The molecule has 0 spiro atoms. The molecule has 0 saturated carbocycles. The van der Waals surface area contributed by atoms with Gasteiger partial charge in [-0.1, -0.05) is 30.3 Å². The highest BCUT2D eigenvalue weighted by molar-refractivity contribution is 6.04. The van der Waals surface area contributed by atoms with E-state index < -0.39 is 17.8 Å². The molecule has 0 fully saturated rings. The third kappa shape index (κ3) is 7.39. The molecule has 2 amide bonds. The van der Waals surface area contributed by atoms with Crippen molar-refractivity contribution in [1.82, 2.24) is 10.7 Å². The van der Waals surface area contributed by atoms with Crippen molar-refractivity contribution in [3.8, 4) is 28.7 Å². The van der Waals surface area contributed by atoms with Gasteiger partial charge in [0, 0.05) is 11.1 Å². The lowest BCUT2D eigenvalue weighted by molar-refractivity contribution is -0.120. The molecule has 11 heteroatoms. The lowest BCUT2D eigenvalue weighted by Crippen LogP contribution is -2.35. The summed E-state index contributed by atoms with van der Waals surface area (Å²) in [5.74, 6) is 0.170. The predicted molar refractivity (Wildman–Crippen MR) is 161 cm³/mol. The van der Waals surface area contributed by atoms with E-state index in [0.29, 0.717) is 40.7 Å². The van der Waals surface area contributed by atoms with Crippen molar-refractivity contribution >= 4 is 34.8 Å². The van der Waals surface area contributed by atoms with Crippen molar-refractivity contribution in [1.29, 1.82) is 0 Å². The van der Waals surface area contributed by atoms with Gasteiger partial charge in [0.25, 0.3) is 11.8 Å². The van der Waals surface area contributed by atoms with E-state index in [9.17, 15) is 14.4 Å². The van der Waals surface area contributed by atoms with Gasteiger partial charge >= 0.3 is 5.97 Å². The first-order valence-corrected chi connectivity index (χ1v) is 13.2. The van der Waals surface area contributed by atoms with E-state index in [0.717, 1.165) is 10.8 Å². The molecule has 0 aliphatic carbocycles. The molecule has 11 nitrogen and oxygen atoms in total. The van der Waals surface area contributed by atoms with Gasteiger partial charge in [-0.2, -0.15) is 5.10 Å². The molecular weight excluding hydrogens is 554 g/mol. The predicted octanol–water partition coefficient (Wildman–Crippen LogP) is 4.36. The van der Waals surface area contributed by atoms with E-state index in [-0.39, 0.29) is 17.9 Å². The van der Waals surface area contributed by atoms with E-state index in [1.165, 1.54) is 39.7 Å². The molecule has 0 aliphatic heterocycles. The van der Waals surface area contributed by atoms with Gasteiger partial charge in [0.15, 0.2) is 11.5 Å². The maximum Gasteiger partial charge on any atom is 0.343 e. The van der Waals surface area contributed by atoms with Crippen LogP contribution in [0.5, 0.6) is 28.7 Å². The van der Waals surface area contributed by atoms with E-state index in [1.54, 1.807) is 30.3 Å². The van der Waals surface area contributed by atoms with Crippen molar-refractivity contribution in [3.05, 3.63) is 89.5 Å². The monoisotopic (exact) mass is 585 g/mol. The van der Waals surface area contributed by atoms with E-state index >= 15 is 0 Å². The number of methoxy groups -OCH3 is 3. The van der Waals surface area contributed by atoms with Gasteiger partial charge in [-0.15, -0.1) is 0 Å². The Balaban J connectivity index is 1.45. The van der Waals surface area contributed by atoms with Gasteiger partial charge in [-0.05, 0) is 60.2 Å². The number of nitrogens with zero attached hydrogens (tertiary/aromatic N) is 1. The van der Waals surface area contributed by atoms with E-state index in [2.05, 4.69) is 15.8 Å². The van der Waals surface area contributed by atoms with Crippen LogP contribution in [0.1, 0.15) is 33.2 Å². The number of carbonyl (C=O) groups excluding carboxylic acids is 3. The zero-order valence-electron chi connectivity index (χ0n) is 24.1. The second kappa shape index (κ2) is 14.4. The van der Waals surface area contributed by atoms with Crippen LogP contribution < -0.4 is 34.4 Å². The number of nitrogens with one attached hydrogen (secondary N) is 2. The first-order chi connectivity index (χ1) is 20.9. The van der Waals surface area contributed by atoms with Crippen LogP contribution in [0.2, 0.25) is 0 Å². The highest BCUT2D eigenvalue weighted by Gasteiger charge is 2.18. The van der Waals surface area contributed by atoms with Crippen LogP contribution in [0.25, 0.3) is 10.8 Å².